The molecule has 10 rings (SSSR count). The van der Waals surface area contributed by atoms with Crippen LogP contribution >= 0.6 is 0 Å². The van der Waals surface area contributed by atoms with Crippen LogP contribution in [-0.4, -0.2) is 0 Å². The molecule has 2 aromatic heterocycles. The van der Waals surface area contributed by atoms with E-state index in [1.807, 2.05) is 6.07 Å². The Labute approximate surface area is 218 Å². The SMILES string of the molecule is c1ccc2c(c1)-c1ccccc1N1c3cccc4c3C3(c5c(cccc5-c5occ[n+]53)O4)[n+]3cccc-2c31. The van der Waals surface area contributed by atoms with Gasteiger partial charge >= 0.3 is 17.4 Å². The zero-order valence-corrected chi connectivity index (χ0v) is 20.1. The molecular weight excluding hydrogens is 470 g/mol. The zero-order chi connectivity index (χ0) is 24.6. The van der Waals surface area contributed by atoms with E-state index < -0.39 is 5.66 Å². The second-order valence-electron chi connectivity index (χ2n) is 10.2. The fraction of sp³-hybridized carbons (Fsp3) is 0.0303. The normalized spacial score (nSPS) is 17.7. The Hall–Kier alpha value is -5.16. The van der Waals surface area contributed by atoms with Gasteiger partial charge in [-0.2, -0.15) is 9.47 Å². The summed E-state index contributed by atoms with van der Waals surface area (Å²) in [6, 6.07) is 34.5. The van der Waals surface area contributed by atoms with Gasteiger partial charge in [0.15, 0.2) is 17.5 Å². The molecule has 4 aliphatic heterocycles. The number of pyridine rings is 1. The van der Waals surface area contributed by atoms with Crippen molar-refractivity contribution in [3.05, 3.63) is 127 Å². The molecule has 6 aromatic rings. The predicted molar refractivity (Wildman–Crippen MR) is 142 cm³/mol. The highest BCUT2D eigenvalue weighted by atomic mass is 16.5. The lowest BCUT2D eigenvalue weighted by atomic mass is 9.83. The lowest BCUT2D eigenvalue weighted by Crippen LogP contribution is -2.75. The highest BCUT2D eigenvalue weighted by molar-refractivity contribution is 6.01. The summed E-state index contributed by atoms with van der Waals surface area (Å²) in [7, 11) is 0. The number of para-hydroxylation sites is 1. The van der Waals surface area contributed by atoms with Gasteiger partial charge in [-0.25, -0.2) is 0 Å². The second kappa shape index (κ2) is 6.21. The van der Waals surface area contributed by atoms with E-state index in [1.165, 1.54) is 22.3 Å². The molecular formula is C33H19N3O2+2. The first kappa shape index (κ1) is 19.0. The van der Waals surface area contributed by atoms with Crippen LogP contribution < -0.4 is 18.8 Å². The number of rotatable bonds is 0. The molecule has 38 heavy (non-hydrogen) atoms. The fourth-order valence-corrected chi connectivity index (χ4v) is 7.27. The van der Waals surface area contributed by atoms with Gasteiger partial charge in [0.05, 0.1) is 11.8 Å². The Morgan fingerprint density at radius 2 is 1.24 bits per heavy atom. The van der Waals surface area contributed by atoms with Gasteiger partial charge in [0.2, 0.25) is 6.20 Å². The molecule has 6 heterocycles. The van der Waals surface area contributed by atoms with E-state index in [2.05, 4.69) is 117 Å². The molecule has 0 radical (unpaired) electrons. The Morgan fingerprint density at radius 1 is 0.553 bits per heavy atom. The van der Waals surface area contributed by atoms with Crippen molar-refractivity contribution >= 4 is 17.2 Å². The number of ether oxygens (including phenoxy) is 1. The van der Waals surface area contributed by atoms with Crippen LogP contribution in [0.1, 0.15) is 11.1 Å². The molecule has 5 heteroatoms. The van der Waals surface area contributed by atoms with E-state index in [0.29, 0.717) is 0 Å². The molecule has 0 aliphatic carbocycles. The van der Waals surface area contributed by atoms with Crippen molar-refractivity contribution in [1.82, 2.24) is 0 Å². The third kappa shape index (κ3) is 1.88. The molecule has 1 spiro atoms. The monoisotopic (exact) mass is 489 g/mol. The Balaban J connectivity index is 1.48. The first-order valence-electron chi connectivity index (χ1n) is 12.9. The second-order valence-corrected chi connectivity index (χ2v) is 10.2. The lowest BCUT2D eigenvalue weighted by molar-refractivity contribution is -0.959. The molecule has 5 nitrogen and oxygen atoms in total. The van der Waals surface area contributed by atoms with Crippen molar-refractivity contribution in [3.63, 3.8) is 0 Å². The first-order chi connectivity index (χ1) is 18.9. The van der Waals surface area contributed by atoms with Gasteiger partial charge in [-0.1, -0.05) is 54.6 Å². The summed E-state index contributed by atoms with van der Waals surface area (Å²) in [6.45, 7) is 0. The topological polar surface area (TPSA) is 33.4 Å². The molecule has 176 valence electrons. The zero-order valence-electron chi connectivity index (χ0n) is 20.1. The van der Waals surface area contributed by atoms with Crippen molar-refractivity contribution in [1.29, 1.82) is 0 Å². The van der Waals surface area contributed by atoms with Crippen molar-refractivity contribution in [2.45, 2.75) is 5.66 Å². The summed E-state index contributed by atoms with van der Waals surface area (Å²) in [5.74, 6) is 3.68. The highest BCUT2D eigenvalue weighted by Gasteiger charge is 2.70. The Morgan fingerprint density at radius 3 is 2.13 bits per heavy atom. The molecule has 0 N–H and O–H groups in total. The van der Waals surface area contributed by atoms with Crippen LogP contribution in [-0.2, 0) is 5.66 Å². The van der Waals surface area contributed by atoms with Crippen LogP contribution in [0.4, 0.5) is 17.2 Å². The van der Waals surface area contributed by atoms with Gasteiger partial charge in [0.1, 0.15) is 28.3 Å². The minimum atomic E-state index is -0.686. The first-order valence-corrected chi connectivity index (χ1v) is 12.9. The Bertz CT molecular complexity index is 2040. The van der Waals surface area contributed by atoms with Gasteiger partial charge in [-0.3, -0.25) is 0 Å². The number of benzene rings is 4. The Kier molecular flexibility index (Phi) is 3.11. The number of hydrogen-bond acceptors (Lipinski definition) is 3. The summed E-state index contributed by atoms with van der Waals surface area (Å²) in [4.78, 5) is 2.42. The van der Waals surface area contributed by atoms with Crippen LogP contribution in [0, 0.1) is 0 Å². The van der Waals surface area contributed by atoms with Crippen molar-refractivity contribution < 1.29 is 18.3 Å². The van der Waals surface area contributed by atoms with E-state index in [0.717, 1.165) is 51.3 Å². The predicted octanol–water partition coefficient (Wildman–Crippen LogP) is 6.67. The van der Waals surface area contributed by atoms with Gasteiger partial charge < -0.3 is 9.15 Å². The van der Waals surface area contributed by atoms with E-state index >= 15 is 0 Å². The van der Waals surface area contributed by atoms with Crippen molar-refractivity contribution in [2.75, 3.05) is 4.90 Å². The van der Waals surface area contributed by atoms with E-state index in [9.17, 15) is 0 Å². The molecule has 1 unspecified atom stereocenters. The number of aromatic nitrogens is 2. The van der Waals surface area contributed by atoms with Crippen LogP contribution in [0.5, 0.6) is 11.5 Å². The van der Waals surface area contributed by atoms with E-state index in [4.69, 9.17) is 9.15 Å². The maximum atomic E-state index is 6.65. The summed E-state index contributed by atoms with van der Waals surface area (Å²) in [5, 5.41) is 0. The maximum Gasteiger partial charge on any atom is 0.385 e. The van der Waals surface area contributed by atoms with Gasteiger partial charge in [-0.05, 0) is 53.6 Å². The maximum absolute atomic E-state index is 6.65. The third-order valence-electron chi connectivity index (χ3n) is 8.56. The molecule has 1 atom stereocenters. The summed E-state index contributed by atoms with van der Waals surface area (Å²) in [6.07, 6.45) is 6.06. The third-order valence-corrected chi connectivity index (χ3v) is 8.56. The van der Waals surface area contributed by atoms with Crippen molar-refractivity contribution in [3.8, 4) is 45.2 Å². The van der Waals surface area contributed by atoms with E-state index in [-0.39, 0.29) is 0 Å². The average Bonchev–Trinajstić information content (AvgIpc) is 3.53. The minimum Gasteiger partial charge on any atom is -0.456 e. The summed E-state index contributed by atoms with van der Waals surface area (Å²) in [5.41, 5.74) is 9.70. The molecule has 0 bridgehead atoms. The number of nitrogens with zero attached hydrogens (tertiary/aromatic N) is 3. The fourth-order valence-electron chi connectivity index (χ4n) is 7.27. The van der Waals surface area contributed by atoms with Crippen LogP contribution in [0.2, 0.25) is 0 Å². The van der Waals surface area contributed by atoms with Crippen molar-refractivity contribution in [2.24, 2.45) is 0 Å². The molecule has 0 amide bonds. The van der Waals surface area contributed by atoms with Gasteiger partial charge in [-0.15, -0.1) is 4.57 Å². The average molecular weight is 490 g/mol. The minimum absolute atomic E-state index is 0.686. The molecule has 0 saturated heterocycles. The summed E-state index contributed by atoms with van der Waals surface area (Å²) < 4.78 is 17.5. The molecule has 0 saturated carbocycles. The lowest BCUT2D eigenvalue weighted by Gasteiger charge is -2.38. The molecule has 0 fully saturated rings. The quantitative estimate of drug-likeness (QED) is 0.223. The number of oxazole rings is 1. The largest absolute Gasteiger partial charge is 0.456 e. The van der Waals surface area contributed by atoms with E-state index in [1.54, 1.807) is 6.26 Å². The molecule has 4 aliphatic rings. The molecule has 4 aromatic carbocycles. The van der Waals surface area contributed by atoms with Gasteiger partial charge in [0, 0.05) is 5.56 Å². The number of hydrogen-bond donors (Lipinski definition) is 0. The van der Waals surface area contributed by atoms with Crippen LogP contribution in [0.25, 0.3) is 33.7 Å². The van der Waals surface area contributed by atoms with Crippen LogP contribution in [0.15, 0.2) is 120 Å². The summed E-state index contributed by atoms with van der Waals surface area (Å²) >= 11 is 0. The standard InChI is InChI=1S/C33H19N3O2/c1-2-9-21-20(8-1)22-10-3-4-13-25(22)36-26-14-6-16-28-30(26)33(34-17-7-12-23(21)31(34)36)29-24(11-5-15-27(29)38-28)32-35(33)18-19-37-32/h1-19H/q+2. The number of anilines is 3. The van der Waals surface area contributed by atoms with Gasteiger partial charge in [0.25, 0.3) is 0 Å². The highest BCUT2D eigenvalue weighted by Crippen LogP contribution is 2.60. The smallest absolute Gasteiger partial charge is 0.385 e. The van der Waals surface area contributed by atoms with Crippen LogP contribution in [0.3, 0.4) is 0 Å². The number of fused-ring (bicyclic) bond motifs is 8.